The van der Waals surface area contributed by atoms with Crippen molar-refractivity contribution in [1.82, 2.24) is 10.2 Å². The van der Waals surface area contributed by atoms with Crippen LogP contribution < -0.4 is 24.3 Å². The van der Waals surface area contributed by atoms with Gasteiger partial charge in [0.05, 0.1) is 6.04 Å². The molecule has 0 spiro atoms. The first-order valence-corrected chi connectivity index (χ1v) is 8.53. The van der Waals surface area contributed by atoms with Gasteiger partial charge in [0.2, 0.25) is 13.6 Å². The summed E-state index contributed by atoms with van der Waals surface area (Å²) in [5.74, 6) is 1.79. The van der Waals surface area contributed by atoms with Gasteiger partial charge in [-0.05, 0) is 12.1 Å². The fraction of sp³-hybridized carbons (Fsp3) is 0.158. The summed E-state index contributed by atoms with van der Waals surface area (Å²) in [6.45, 7) is 0.272. The second-order valence-electron chi connectivity index (χ2n) is 6.21. The van der Waals surface area contributed by atoms with Crippen LogP contribution in [0.15, 0.2) is 42.5 Å². The average molecular weight is 381 g/mol. The minimum Gasteiger partial charge on any atom is -0.477 e. The molecule has 3 heterocycles. The van der Waals surface area contributed by atoms with Gasteiger partial charge in [0.15, 0.2) is 23.0 Å². The number of nitrogens with one attached hydrogen (secondary N) is 2. The Kier molecular flexibility index (Phi) is 3.71. The Morgan fingerprint density at radius 1 is 1.00 bits per heavy atom. The van der Waals surface area contributed by atoms with Crippen LogP contribution in [0.2, 0.25) is 0 Å². The number of rotatable bonds is 5. The number of anilines is 1. The van der Waals surface area contributed by atoms with Crippen molar-refractivity contribution in [2.75, 3.05) is 18.9 Å². The normalized spacial score (nSPS) is 13.8. The van der Waals surface area contributed by atoms with E-state index < -0.39 is 12.0 Å². The van der Waals surface area contributed by atoms with E-state index in [0.717, 1.165) is 11.1 Å². The number of para-hydroxylation sites is 2. The lowest BCUT2D eigenvalue weighted by Crippen LogP contribution is -2.14. The molecule has 3 aromatic rings. The van der Waals surface area contributed by atoms with Crippen LogP contribution in [0.3, 0.4) is 0 Å². The topological polar surface area (TPSA) is 115 Å². The summed E-state index contributed by atoms with van der Waals surface area (Å²) >= 11 is 0. The molecule has 0 bridgehead atoms. The molecule has 28 heavy (non-hydrogen) atoms. The zero-order chi connectivity index (χ0) is 19.1. The molecule has 0 fully saturated rings. The Balaban J connectivity index is 1.62. The molecule has 9 nitrogen and oxygen atoms in total. The summed E-state index contributed by atoms with van der Waals surface area (Å²) in [5, 5.41) is 19.0. The Morgan fingerprint density at radius 3 is 2.14 bits per heavy atom. The van der Waals surface area contributed by atoms with E-state index in [1.807, 2.05) is 36.4 Å². The first kappa shape index (κ1) is 16.3. The lowest BCUT2D eigenvalue weighted by Gasteiger charge is -2.22. The molecule has 0 unspecified atom stereocenters. The second kappa shape index (κ2) is 6.38. The molecule has 2 aromatic carbocycles. The van der Waals surface area contributed by atoms with Crippen molar-refractivity contribution in [3.05, 3.63) is 59.3 Å². The summed E-state index contributed by atoms with van der Waals surface area (Å²) in [7, 11) is 0. The molecule has 0 amide bonds. The highest BCUT2D eigenvalue weighted by atomic mass is 16.7. The number of aromatic carboxylic acids is 1. The number of nitrogens with zero attached hydrogens (tertiary/aromatic N) is 1. The monoisotopic (exact) mass is 381 g/mol. The Bertz CT molecular complexity index is 1010. The molecule has 0 saturated carbocycles. The maximum absolute atomic E-state index is 11.2. The molecule has 2 aliphatic heterocycles. The van der Waals surface area contributed by atoms with E-state index in [1.54, 1.807) is 0 Å². The van der Waals surface area contributed by atoms with Gasteiger partial charge in [0.25, 0.3) is 0 Å². The zero-order valence-electron chi connectivity index (χ0n) is 14.5. The summed E-state index contributed by atoms with van der Waals surface area (Å²) in [6.07, 6.45) is 0. The van der Waals surface area contributed by atoms with E-state index in [0.29, 0.717) is 28.8 Å². The molecule has 5 rings (SSSR count). The number of aromatic amines is 1. The van der Waals surface area contributed by atoms with E-state index >= 15 is 0 Å². The van der Waals surface area contributed by atoms with E-state index in [-0.39, 0.29) is 19.3 Å². The van der Waals surface area contributed by atoms with Gasteiger partial charge in [-0.15, -0.1) is 0 Å². The van der Waals surface area contributed by atoms with Gasteiger partial charge in [-0.25, -0.2) is 4.79 Å². The first-order chi connectivity index (χ1) is 13.7. The van der Waals surface area contributed by atoms with Gasteiger partial charge in [-0.1, -0.05) is 24.3 Å². The van der Waals surface area contributed by atoms with Gasteiger partial charge in [0, 0.05) is 17.2 Å². The van der Waals surface area contributed by atoms with E-state index in [4.69, 9.17) is 24.1 Å². The van der Waals surface area contributed by atoms with Crippen LogP contribution in [0.4, 0.5) is 5.82 Å². The Labute approximate surface area is 158 Å². The SMILES string of the molecule is O=C(O)c1cc(NC(c2cccc3c2OCO3)c2cccc3c2OCO3)n[nH]1. The van der Waals surface area contributed by atoms with Crippen LogP contribution in [-0.4, -0.2) is 34.9 Å². The van der Waals surface area contributed by atoms with Crippen molar-refractivity contribution in [1.29, 1.82) is 0 Å². The van der Waals surface area contributed by atoms with Crippen LogP contribution in [0.5, 0.6) is 23.0 Å². The number of hydrogen-bond acceptors (Lipinski definition) is 7. The lowest BCUT2D eigenvalue weighted by molar-refractivity contribution is 0.0690. The summed E-state index contributed by atoms with van der Waals surface area (Å²) in [5.41, 5.74) is 1.59. The minimum atomic E-state index is -1.09. The third kappa shape index (κ3) is 2.64. The Hall–Kier alpha value is -3.88. The standard InChI is InChI=1S/C19H15N3O6/c23-19(24)12-7-15(22-21-12)20-16(10-3-1-5-13-17(10)27-8-25-13)11-4-2-6-14-18(11)28-9-26-14/h1-7,16H,8-9H2,(H,23,24)(H2,20,21,22). The fourth-order valence-electron chi connectivity index (χ4n) is 3.34. The molecule has 0 saturated heterocycles. The molecule has 0 radical (unpaired) electrons. The maximum Gasteiger partial charge on any atom is 0.353 e. The molecule has 1 aromatic heterocycles. The van der Waals surface area contributed by atoms with Crippen LogP contribution in [0.25, 0.3) is 0 Å². The highest BCUT2D eigenvalue weighted by Gasteiger charge is 2.30. The number of benzene rings is 2. The molecule has 2 aliphatic rings. The summed E-state index contributed by atoms with van der Waals surface area (Å²) in [6, 6.07) is 12.2. The second-order valence-corrected chi connectivity index (χ2v) is 6.21. The van der Waals surface area contributed by atoms with Gasteiger partial charge in [-0.2, -0.15) is 5.10 Å². The molecule has 142 valence electrons. The first-order valence-electron chi connectivity index (χ1n) is 8.53. The molecule has 9 heteroatoms. The van der Waals surface area contributed by atoms with Gasteiger partial charge in [0.1, 0.15) is 11.5 Å². The van der Waals surface area contributed by atoms with Crippen molar-refractivity contribution in [2.45, 2.75) is 6.04 Å². The molecular weight excluding hydrogens is 366 g/mol. The van der Waals surface area contributed by atoms with Crippen LogP contribution in [0, 0.1) is 0 Å². The minimum absolute atomic E-state index is 0.0167. The number of carbonyl (C=O) groups is 1. The number of H-pyrrole nitrogens is 1. The summed E-state index contributed by atoms with van der Waals surface area (Å²) in [4.78, 5) is 11.2. The van der Waals surface area contributed by atoms with Gasteiger partial charge in [-0.3, -0.25) is 5.10 Å². The predicted molar refractivity (Wildman–Crippen MR) is 96.1 cm³/mol. The number of carboxylic acid groups (broad SMARTS) is 1. The molecular formula is C19H15N3O6. The van der Waals surface area contributed by atoms with E-state index in [1.165, 1.54) is 6.07 Å². The number of carboxylic acids is 1. The number of ether oxygens (including phenoxy) is 4. The van der Waals surface area contributed by atoms with Crippen molar-refractivity contribution in [2.24, 2.45) is 0 Å². The molecule has 0 atom stereocenters. The quantitative estimate of drug-likeness (QED) is 0.618. The van der Waals surface area contributed by atoms with Gasteiger partial charge < -0.3 is 29.4 Å². The van der Waals surface area contributed by atoms with Crippen molar-refractivity contribution in [3.63, 3.8) is 0 Å². The van der Waals surface area contributed by atoms with Crippen molar-refractivity contribution >= 4 is 11.8 Å². The molecule has 3 N–H and O–H groups in total. The highest BCUT2D eigenvalue weighted by molar-refractivity contribution is 5.86. The molecule has 0 aliphatic carbocycles. The van der Waals surface area contributed by atoms with Crippen molar-refractivity contribution in [3.8, 4) is 23.0 Å². The zero-order valence-corrected chi connectivity index (χ0v) is 14.5. The number of hydrogen-bond donors (Lipinski definition) is 3. The van der Waals surface area contributed by atoms with Gasteiger partial charge >= 0.3 is 5.97 Å². The largest absolute Gasteiger partial charge is 0.477 e. The lowest BCUT2D eigenvalue weighted by atomic mass is 9.96. The van der Waals surface area contributed by atoms with Crippen molar-refractivity contribution < 1.29 is 28.8 Å². The smallest absolute Gasteiger partial charge is 0.353 e. The third-order valence-corrected chi connectivity index (χ3v) is 4.58. The number of aromatic nitrogens is 2. The maximum atomic E-state index is 11.2. The fourth-order valence-corrected chi connectivity index (χ4v) is 3.34. The Morgan fingerprint density at radius 2 is 1.61 bits per heavy atom. The predicted octanol–water partition coefficient (Wildman–Crippen LogP) is 2.77. The van der Waals surface area contributed by atoms with Crippen LogP contribution in [0.1, 0.15) is 27.7 Å². The van der Waals surface area contributed by atoms with Crippen LogP contribution in [-0.2, 0) is 0 Å². The number of fused-ring (bicyclic) bond motifs is 2. The summed E-state index contributed by atoms with van der Waals surface area (Å²) < 4.78 is 22.3. The van der Waals surface area contributed by atoms with E-state index in [9.17, 15) is 4.79 Å². The average Bonchev–Trinajstić information content (AvgIpc) is 3.45. The highest BCUT2D eigenvalue weighted by Crippen LogP contribution is 2.46. The van der Waals surface area contributed by atoms with E-state index in [2.05, 4.69) is 15.5 Å². The van der Waals surface area contributed by atoms with Crippen LogP contribution >= 0.6 is 0 Å². The third-order valence-electron chi connectivity index (χ3n) is 4.58.